The van der Waals surface area contributed by atoms with E-state index >= 15 is 0 Å². The van der Waals surface area contributed by atoms with E-state index in [4.69, 9.17) is 10.8 Å². The van der Waals surface area contributed by atoms with Crippen molar-refractivity contribution in [1.29, 1.82) is 0 Å². The summed E-state index contributed by atoms with van der Waals surface area (Å²) < 4.78 is 21.8. The van der Waals surface area contributed by atoms with E-state index in [1.54, 1.807) is 0 Å². The molecule has 0 amide bonds. The Morgan fingerprint density at radius 3 is 2.33 bits per heavy atom. The molecule has 0 aromatic heterocycles. The predicted molar refractivity (Wildman–Crippen MR) is 41.3 cm³/mol. The molecule has 72 valence electrons. The largest absolute Gasteiger partial charge is 0.480 e. The lowest BCUT2D eigenvalue weighted by Gasteiger charge is -2.15. The molecule has 0 rings (SSSR count). The molecule has 7 nitrogen and oxygen atoms in total. The first kappa shape index (κ1) is 11.3. The van der Waals surface area contributed by atoms with E-state index in [9.17, 15) is 13.2 Å². The van der Waals surface area contributed by atoms with Crippen molar-refractivity contribution in [3.8, 4) is 0 Å². The van der Waals surface area contributed by atoms with Crippen molar-refractivity contribution >= 4 is 16.2 Å². The minimum atomic E-state index is -3.84. The summed E-state index contributed by atoms with van der Waals surface area (Å²) in [4.78, 5) is 10.2. The number of likely N-dealkylation sites (N-methyl/N-ethyl adjacent to an activating group) is 1. The first-order chi connectivity index (χ1) is 5.25. The molecule has 0 fully saturated rings. The van der Waals surface area contributed by atoms with Crippen LogP contribution in [0.1, 0.15) is 0 Å². The molecule has 0 aromatic carbocycles. The minimum Gasteiger partial charge on any atom is -0.480 e. The summed E-state index contributed by atoms with van der Waals surface area (Å²) in [7, 11) is -2.69. The molecular formula is C4H11N3O4S. The van der Waals surface area contributed by atoms with Crippen LogP contribution in [0.3, 0.4) is 0 Å². The summed E-state index contributed by atoms with van der Waals surface area (Å²) in [5.41, 5.74) is 5.05. The molecule has 0 bridgehead atoms. The van der Waals surface area contributed by atoms with Crippen LogP contribution in [0.5, 0.6) is 0 Å². The first-order valence-electron chi connectivity index (χ1n) is 2.97. The molecule has 0 aliphatic rings. The highest BCUT2D eigenvalue weighted by molar-refractivity contribution is 7.86. The predicted octanol–water partition coefficient (Wildman–Crippen LogP) is -2.47. The van der Waals surface area contributed by atoms with Crippen LogP contribution in [0.15, 0.2) is 0 Å². The third-order valence-corrected chi connectivity index (χ3v) is 2.22. The Hall–Kier alpha value is -0.700. The van der Waals surface area contributed by atoms with E-state index in [1.807, 2.05) is 0 Å². The number of hydrogen-bond donors (Lipinski definition) is 3. The number of carbonyl (C=O) groups is 1. The Morgan fingerprint density at radius 2 is 2.08 bits per heavy atom. The van der Waals surface area contributed by atoms with Crippen LogP contribution in [0.25, 0.3) is 0 Å². The Kier molecular flexibility index (Phi) is 3.58. The van der Waals surface area contributed by atoms with Gasteiger partial charge in [-0.05, 0) is 0 Å². The molecule has 0 radical (unpaired) electrons. The van der Waals surface area contributed by atoms with Gasteiger partial charge in [0.15, 0.2) is 0 Å². The molecule has 12 heavy (non-hydrogen) atoms. The summed E-state index contributed by atoms with van der Waals surface area (Å²) in [6.45, 7) is -0.339. The van der Waals surface area contributed by atoms with Gasteiger partial charge in [0.2, 0.25) is 0 Å². The molecule has 0 saturated carbocycles. The fourth-order valence-electron chi connectivity index (χ4n) is 0.459. The normalized spacial score (nSPS) is 14.7. The highest BCUT2D eigenvalue weighted by Gasteiger charge is 2.19. The summed E-state index contributed by atoms with van der Waals surface area (Å²) in [6.07, 6.45) is 0. The third-order valence-electron chi connectivity index (χ3n) is 1.21. The Balaban J connectivity index is 4.20. The molecule has 0 saturated heterocycles. The topological polar surface area (TPSA) is 127 Å². The number of hydrogen-bond acceptors (Lipinski definition) is 4. The SMILES string of the molecule is CN(C[C@H](N)C(=O)O)S(N)(=O)=O. The number of carboxylic acid groups (broad SMARTS) is 1. The molecular weight excluding hydrogens is 186 g/mol. The fourth-order valence-corrected chi connectivity index (χ4v) is 0.827. The smallest absolute Gasteiger partial charge is 0.321 e. The lowest BCUT2D eigenvalue weighted by Crippen LogP contribution is -2.45. The Bertz CT molecular complexity index is 261. The molecule has 0 aromatic rings. The zero-order valence-electron chi connectivity index (χ0n) is 6.47. The summed E-state index contributed by atoms with van der Waals surface area (Å²) in [5, 5.41) is 13.0. The Labute approximate surface area is 70.1 Å². The standard InChI is InChI=1S/C4H11N3O4S/c1-7(12(6,10)11)2-3(5)4(8)9/h3H,2,5H2,1H3,(H,8,9)(H2,6,10,11)/t3-/m0/s1. The van der Waals surface area contributed by atoms with Crippen molar-refractivity contribution in [3.05, 3.63) is 0 Å². The van der Waals surface area contributed by atoms with Gasteiger partial charge in [0.05, 0.1) is 0 Å². The molecule has 0 aliphatic carbocycles. The molecule has 1 atom stereocenters. The zero-order valence-corrected chi connectivity index (χ0v) is 7.28. The molecule has 5 N–H and O–H groups in total. The van der Waals surface area contributed by atoms with Crippen molar-refractivity contribution in [3.63, 3.8) is 0 Å². The summed E-state index contributed by atoms with van der Waals surface area (Å²) in [6, 6.07) is -1.26. The number of nitrogens with two attached hydrogens (primary N) is 2. The van der Waals surface area contributed by atoms with Gasteiger partial charge in [-0.15, -0.1) is 0 Å². The van der Waals surface area contributed by atoms with Gasteiger partial charge in [-0.25, -0.2) is 5.14 Å². The van der Waals surface area contributed by atoms with Gasteiger partial charge in [-0.2, -0.15) is 12.7 Å². The second-order valence-electron chi connectivity index (χ2n) is 2.27. The van der Waals surface area contributed by atoms with Gasteiger partial charge in [0, 0.05) is 13.6 Å². The van der Waals surface area contributed by atoms with Crippen LogP contribution in [0.2, 0.25) is 0 Å². The van der Waals surface area contributed by atoms with Gasteiger partial charge in [-0.1, -0.05) is 0 Å². The van der Waals surface area contributed by atoms with Gasteiger partial charge >= 0.3 is 5.97 Å². The summed E-state index contributed by atoms with van der Waals surface area (Å²) >= 11 is 0. The highest BCUT2D eigenvalue weighted by Crippen LogP contribution is 1.91. The van der Waals surface area contributed by atoms with Crippen LogP contribution in [-0.2, 0) is 15.0 Å². The van der Waals surface area contributed by atoms with Crippen LogP contribution in [-0.4, -0.2) is 43.4 Å². The number of nitrogens with zero attached hydrogens (tertiary/aromatic N) is 1. The van der Waals surface area contributed by atoms with Crippen LogP contribution >= 0.6 is 0 Å². The fraction of sp³-hybridized carbons (Fsp3) is 0.750. The first-order valence-corrected chi connectivity index (χ1v) is 4.48. The van der Waals surface area contributed by atoms with E-state index in [1.165, 1.54) is 0 Å². The summed E-state index contributed by atoms with van der Waals surface area (Å²) in [5.74, 6) is -1.27. The molecule has 0 spiro atoms. The van der Waals surface area contributed by atoms with Crippen molar-refractivity contribution in [2.45, 2.75) is 6.04 Å². The lowest BCUT2D eigenvalue weighted by molar-refractivity contribution is -0.138. The van der Waals surface area contributed by atoms with Crippen LogP contribution in [0.4, 0.5) is 0 Å². The van der Waals surface area contributed by atoms with Crippen molar-refractivity contribution in [1.82, 2.24) is 4.31 Å². The monoisotopic (exact) mass is 197 g/mol. The molecule has 0 aliphatic heterocycles. The van der Waals surface area contributed by atoms with E-state index in [-0.39, 0.29) is 6.54 Å². The highest BCUT2D eigenvalue weighted by atomic mass is 32.2. The maximum absolute atomic E-state index is 10.5. The van der Waals surface area contributed by atoms with Crippen LogP contribution in [0, 0.1) is 0 Å². The number of aliphatic carboxylic acids is 1. The second-order valence-corrected chi connectivity index (χ2v) is 3.92. The van der Waals surface area contributed by atoms with Crippen molar-refractivity contribution in [2.75, 3.05) is 13.6 Å². The average molecular weight is 197 g/mol. The van der Waals surface area contributed by atoms with Gasteiger partial charge in [0.1, 0.15) is 6.04 Å². The lowest BCUT2D eigenvalue weighted by atomic mass is 10.3. The average Bonchev–Trinajstić information content (AvgIpc) is 1.85. The van der Waals surface area contributed by atoms with E-state index in [0.717, 1.165) is 7.05 Å². The van der Waals surface area contributed by atoms with Crippen LogP contribution < -0.4 is 10.9 Å². The number of carboxylic acids is 1. The van der Waals surface area contributed by atoms with E-state index in [0.29, 0.717) is 4.31 Å². The molecule has 0 unspecified atom stereocenters. The van der Waals surface area contributed by atoms with Crippen molar-refractivity contribution < 1.29 is 18.3 Å². The van der Waals surface area contributed by atoms with E-state index in [2.05, 4.69) is 5.14 Å². The van der Waals surface area contributed by atoms with Gasteiger partial charge in [0.25, 0.3) is 10.2 Å². The van der Waals surface area contributed by atoms with E-state index < -0.39 is 22.2 Å². The zero-order chi connectivity index (χ0) is 9.94. The molecule has 0 heterocycles. The Morgan fingerprint density at radius 1 is 1.67 bits per heavy atom. The maximum atomic E-state index is 10.5. The quantitative estimate of drug-likeness (QED) is 0.460. The molecule has 8 heteroatoms. The number of rotatable bonds is 4. The second kappa shape index (κ2) is 3.81. The minimum absolute atomic E-state index is 0.339. The van der Waals surface area contributed by atoms with Gasteiger partial charge < -0.3 is 10.8 Å². The van der Waals surface area contributed by atoms with Gasteiger partial charge in [-0.3, -0.25) is 4.79 Å². The maximum Gasteiger partial charge on any atom is 0.321 e. The van der Waals surface area contributed by atoms with Crippen molar-refractivity contribution in [2.24, 2.45) is 10.9 Å². The third kappa shape index (κ3) is 3.62.